The van der Waals surface area contributed by atoms with Crippen LogP contribution in [0.5, 0.6) is 0 Å². The van der Waals surface area contributed by atoms with Crippen molar-refractivity contribution in [3.8, 4) is 0 Å². The summed E-state index contributed by atoms with van der Waals surface area (Å²) in [5.41, 5.74) is 0.906. The third-order valence-corrected chi connectivity index (χ3v) is 4.42. The standard InChI is InChI=1S/C16H21F2N3O/c1-11-2-4-20(5-3-11)8-12(22)9-21-10-19-15-6-13(17)14(18)7-16(15)21/h6-7,10-12,22H,2-5,8-9H2,1H3. The molecule has 3 rings (SSSR count). The first-order valence-corrected chi connectivity index (χ1v) is 7.73. The summed E-state index contributed by atoms with van der Waals surface area (Å²) in [4.78, 5) is 6.32. The molecule has 1 aromatic carbocycles. The van der Waals surface area contributed by atoms with E-state index in [4.69, 9.17) is 0 Å². The maximum absolute atomic E-state index is 13.4. The molecule has 1 saturated heterocycles. The number of likely N-dealkylation sites (tertiary alicyclic amines) is 1. The third-order valence-electron chi connectivity index (χ3n) is 4.42. The molecule has 4 nitrogen and oxygen atoms in total. The van der Waals surface area contributed by atoms with Crippen molar-refractivity contribution in [2.24, 2.45) is 5.92 Å². The topological polar surface area (TPSA) is 41.3 Å². The summed E-state index contributed by atoms with van der Waals surface area (Å²) < 4.78 is 28.2. The van der Waals surface area contributed by atoms with Gasteiger partial charge < -0.3 is 14.6 Å². The van der Waals surface area contributed by atoms with Gasteiger partial charge in [0.05, 0.1) is 30.0 Å². The van der Waals surface area contributed by atoms with E-state index in [1.807, 2.05) is 0 Å². The van der Waals surface area contributed by atoms with Crippen molar-refractivity contribution in [3.05, 3.63) is 30.1 Å². The molecule has 120 valence electrons. The van der Waals surface area contributed by atoms with Gasteiger partial charge in [-0.25, -0.2) is 13.8 Å². The summed E-state index contributed by atoms with van der Waals surface area (Å²) in [5.74, 6) is -1.04. The van der Waals surface area contributed by atoms with Crippen molar-refractivity contribution in [1.82, 2.24) is 14.5 Å². The fourth-order valence-electron chi connectivity index (χ4n) is 3.03. The summed E-state index contributed by atoms with van der Waals surface area (Å²) in [7, 11) is 0. The molecule has 0 bridgehead atoms. The number of aliphatic hydroxyl groups excluding tert-OH is 1. The Hall–Kier alpha value is -1.53. The molecular weight excluding hydrogens is 288 g/mol. The minimum Gasteiger partial charge on any atom is -0.390 e. The predicted molar refractivity (Wildman–Crippen MR) is 80.5 cm³/mol. The minimum absolute atomic E-state index is 0.327. The van der Waals surface area contributed by atoms with E-state index in [0.29, 0.717) is 24.1 Å². The Balaban J connectivity index is 1.66. The van der Waals surface area contributed by atoms with Gasteiger partial charge >= 0.3 is 0 Å². The second-order valence-corrected chi connectivity index (χ2v) is 6.29. The quantitative estimate of drug-likeness (QED) is 0.943. The number of piperidine rings is 1. The molecule has 0 spiro atoms. The summed E-state index contributed by atoms with van der Waals surface area (Å²) in [5, 5.41) is 10.3. The zero-order chi connectivity index (χ0) is 15.7. The van der Waals surface area contributed by atoms with Crippen molar-refractivity contribution < 1.29 is 13.9 Å². The number of rotatable bonds is 4. The van der Waals surface area contributed by atoms with E-state index in [9.17, 15) is 13.9 Å². The molecule has 6 heteroatoms. The van der Waals surface area contributed by atoms with E-state index < -0.39 is 17.7 Å². The lowest BCUT2D eigenvalue weighted by Gasteiger charge is -2.31. The van der Waals surface area contributed by atoms with Gasteiger partial charge in [0.2, 0.25) is 0 Å². The van der Waals surface area contributed by atoms with Crippen LogP contribution in [0.3, 0.4) is 0 Å². The Labute approximate surface area is 128 Å². The Kier molecular flexibility index (Phi) is 4.40. The zero-order valence-corrected chi connectivity index (χ0v) is 12.7. The lowest BCUT2D eigenvalue weighted by Crippen LogP contribution is -2.39. The molecule has 1 atom stereocenters. The molecule has 1 aliphatic rings. The second kappa shape index (κ2) is 6.30. The van der Waals surface area contributed by atoms with Gasteiger partial charge in [0.25, 0.3) is 0 Å². The van der Waals surface area contributed by atoms with Gasteiger partial charge in [-0.15, -0.1) is 0 Å². The number of aromatic nitrogens is 2. The average Bonchev–Trinajstić information content (AvgIpc) is 2.84. The predicted octanol–water partition coefficient (Wildman–Crippen LogP) is 2.41. The molecule has 0 aliphatic carbocycles. The summed E-state index contributed by atoms with van der Waals surface area (Å²) >= 11 is 0. The van der Waals surface area contributed by atoms with Crippen LogP contribution in [0, 0.1) is 17.6 Å². The SMILES string of the molecule is CC1CCN(CC(O)Cn2cnc3cc(F)c(F)cc32)CC1. The van der Waals surface area contributed by atoms with Crippen molar-refractivity contribution in [2.45, 2.75) is 32.4 Å². The summed E-state index contributed by atoms with van der Waals surface area (Å²) in [6.07, 6.45) is 3.28. The van der Waals surface area contributed by atoms with Crippen molar-refractivity contribution in [3.63, 3.8) is 0 Å². The van der Waals surface area contributed by atoms with Gasteiger partial charge in [0.15, 0.2) is 11.6 Å². The smallest absolute Gasteiger partial charge is 0.161 e. The van der Waals surface area contributed by atoms with Crippen LogP contribution in [0.4, 0.5) is 8.78 Å². The summed E-state index contributed by atoms with van der Waals surface area (Å²) in [6, 6.07) is 2.21. The van der Waals surface area contributed by atoms with Gasteiger partial charge in [0, 0.05) is 18.7 Å². The first kappa shape index (κ1) is 15.4. The summed E-state index contributed by atoms with van der Waals surface area (Å²) in [6.45, 7) is 5.17. The highest BCUT2D eigenvalue weighted by atomic mass is 19.2. The lowest BCUT2D eigenvalue weighted by molar-refractivity contribution is 0.0809. The van der Waals surface area contributed by atoms with Crippen LogP contribution in [-0.2, 0) is 6.54 Å². The second-order valence-electron chi connectivity index (χ2n) is 6.29. The molecule has 0 radical (unpaired) electrons. The van der Waals surface area contributed by atoms with Gasteiger partial charge in [-0.05, 0) is 31.8 Å². The average molecular weight is 309 g/mol. The van der Waals surface area contributed by atoms with Gasteiger partial charge in [-0.3, -0.25) is 0 Å². The van der Waals surface area contributed by atoms with Crippen LogP contribution in [0.1, 0.15) is 19.8 Å². The highest BCUT2D eigenvalue weighted by Crippen LogP contribution is 2.19. The van der Waals surface area contributed by atoms with E-state index in [-0.39, 0.29) is 0 Å². The van der Waals surface area contributed by atoms with Crippen LogP contribution < -0.4 is 0 Å². The van der Waals surface area contributed by atoms with Crippen LogP contribution in [0.25, 0.3) is 11.0 Å². The third kappa shape index (κ3) is 3.28. The molecule has 0 amide bonds. The largest absolute Gasteiger partial charge is 0.390 e. The van der Waals surface area contributed by atoms with E-state index in [1.54, 1.807) is 4.57 Å². The Morgan fingerprint density at radius 3 is 2.64 bits per heavy atom. The maximum atomic E-state index is 13.4. The fourth-order valence-corrected chi connectivity index (χ4v) is 3.03. The first-order valence-electron chi connectivity index (χ1n) is 7.73. The van der Waals surface area contributed by atoms with Crippen LogP contribution in [0.2, 0.25) is 0 Å². The number of hydrogen-bond acceptors (Lipinski definition) is 3. The lowest BCUT2D eigenvalue weighted by atomic mass is 9.99. The van der Waals surface area contributed by atoms with E-state index in [1.165, 1.54) is 6.33 Å². The van der Waals surface area contributed by atoms with Crippen molar-refractivity contribution in [1.29, 1.82) is 0 Å². The highest BCUT2D eigenvalue weighted by molar-refractivity contribution is 5.75. The van der Waals surface area contributed by atoms with Crippen LogP contribution in [-0.4, -0.2) is 45.3 Å². The monoisotopic (exact) mass is 309 g/mol. The van der Waals surface area contributed by atoms with Gasteiger partial charge in [-0.2, -0.15) is 0 Å². The van der Waals surface area contributed by atoms with E-state index >= 15 is 0 Å². The van der Waals surface area contributed by atoms with Crippen LogP contribution in [0.15, 0.2) is 18.5 Å². The molecule has 1 N–H and O–H groups in total. The number of nitrogens with zero attached hydrogens (tertiary/aromatic N) is 3. The number of hydrogen-bond donors (Lipinski definition) is 1. The normalized spacial score (nSPS) is 18.9. The molecule has 1 fully saturated rings. The molecule has 1 unspecified atom stereocenters. The molecule has 1 aromatic heterocycles. The number of halogens is 2. The molecule has 22 heavy (non-hydrogen) atoms. The molecule has 2 heterocycles. The first-order chi connectivity index (χ1) is 10.5. The molecule has 2 aromatic rings. The molecule has 1 aliphatic heterocycles. The maximum Gasteiger partial charge on any atom is 0.161 e. The molecular formula is C16H21F2N3O. The Morgan fingerprint density at radius 2 is 1.91 bits per heavy atom. The van der Waals surface area contributed by atoms with E-state index in [2.05, 4.69) is 16.8 Å². The number of imidazole rings is 1. The Morgan fingerprint density at radius 1 is 1.23 bits per heavy atom. The van der Waals surface area contributed by atoms with Crippen LogP contribution >= 0.6 is 0 Å². The molecule has 0 saturated carbocycles. The van der Waals surface area contributed by atoms with Gasteiger partial charge in [0.1, 0.15) is 0 Å². The number of aliphatic hydroxyl groups is 1. The van der Waals surface area contributed by atoms with Gasteiger partial charge in [-0.1, -0.05) is 6.92 Å². The zero-order valence-electron chi connectivity index (χ0n) is 12.7. The Bertz CT molecular complexity index is 650. The minimum atomic E-state index is -0.902. The van der Waals surface area contributed by atoms with Crippen molar-refractivity contribution in [2.75, 3.05) is 19.6 Å². The fraction of sp³-hybridized carbons (Fsp3) is 0.562. The number of benzene rings is 1. The number of fused-ring (bicyclic) bond motifs is 1. The highest BCUT2D eigenvalue weighted by Gasteiger charge is 2.19. The van der Waals surface area contributed by atoms with E-state index in [0.717, 1.165) is 44.0 Å². The number of β-amino-alcohol motifs (C(OH)–C–C–N with tert-alkyl or cyclic N) is 1. The van der Waals surface area contributed by atoms with Crippen molar-refractivity contribution >= 4 is 11.0 Å².